The van der Waals surface area contributed by atoms with E-state index in [1.54, 1.807) is 25.3 Å². The number of halogens is 3. The van der Waals surface area contributed by atoms with Crippen molar-refractivity contribution in [3.8, 4) is 5.75 Å². The monoisotopic (exact) mass is 359 g/mol. The van der Waals surface area contributed by atoms with Crippen molar-refractivity contribution >= 4 is 22.8 Å². The molecule has 1 aromatic heterocycles. The van der Waals surface area contributed by atoms with E-state index in [2.05, 4.69) is 15.5 Å². The Labute approximate surface area is 148 Å². The number of fused-ring (bicyclic) bond motifs is 1. The maximum Gasteiger partial charge on any atom is 0.417 e. The molecular weight excluding hydrogens is 343 g/mol. The van der Waals surface area contributed by atoms with Gasteiger partial charge in [-0.05, 0) is 37.3 Å². The summed E-state index contributed by atoms with van der Waals surface area (Å²) >= 11 is 0. The minimum absolute atomic E-state index is 0.0137. The molecule has 0 radical (unpaired) electrons. The number of aryl methyl sites for hydroxylation is 1. The smallest absolute Gasteiger partial charge is 0.417 e. The Balaban J connectivity index is 1.94. The van der Waals surface area contributed by atoms with Crippen LogP contribution < -0.4 is 10.2 Å². The molecule has 7 heteroatoms. The number of alkyl halides is 3. The van der Waals surface area contributed by atoms with Crippen LogP contribution in [0, 0.1) is 6.92 Å². The third-order valence-corrected chi connectivity index (χ3v) is 3.80. The average Bonchev–Trinajstić information content (AvgIpc) is 2.61. The van der Waals surface area contributed by atoms with Crippen molar-refractivity contribution in [3.05, 3.63) is 65.4 Å². The number of ether oxygens (including phenoxy) is 1. The van der Waals surface area contributed by atoms with Crippen molar-refractivity contribution in [2.45, 2.75) is 13.1 Å². The molecule has 26 heavy (non-hydrogen) atoms. The van der Waals surface area contributed by atoms with E-state index in [-0.39, 0.29) is 5.56 Å². The van der Waals surface area contributed by atoms with E-state index in [0.717, 1.165) is 28.9 Å². The number of methoxy groups -OCH3 is 1. The molecule has 3 aromatic rings. The quantitative estimate of drug-likeness (QED) is 0.526. The van der Waals surface area contributed by atoms with E-state index in [9.17, 15) is 13.2 Å². The number of hydrogen-bond donors (Lipinski definition) is 1. The van der Waals surface area contributed by atoms with Crippen molar-refractivity contribution in [1.29, 1.82) is 0 Å². The molecule has 0 saturated carbocycles. The summed E-state index contributed by atoms with van der Waals surface area (Å²) in [5.41, 5.74) is 4.19. The standard InChI is InChI=1S/C19H16F3N3O/c1-12-9-18(15-10-14(26-2)7-8-17(15)24-12)25-23-11-13-5-3-4-6-16(13)19(20,21)22/h3-11H,1-2H3,(H,24,25). The number of anilines is 1. The van der Waals surface area contributed by atoms with E-state index >= 15 is 0 Å². The lowest BCUT2D eigenvalue weighted by molar-refractivity contribution is -0.137. The zero-order valence-electron chi connectivity index (χ0n) is 14.1. The van der Waals surface area contributed by atoms with Crippen molar-refractivity contribution < 1.29 is 17.9 Å². The van der Waals surface area contributed by atoms with Gasteiger partial charge in [-0.25, -0.2) is 0 Å². The van der Waals surface area contributed by atoms with Crippen LogP contribution in [0.1, 0.15) is 16.8 Å². The second-order valence-electron chi connectivity index (χ2n) is 5.65. The summed E-state index contributed by atoms with van der Waals surface area (Å²) in [4.78, 5) is 4.43. The van der Waals surface area contributed by atoms with Crippen molar-refractivity contribution in [2.24, 2.45) is 5.10 Å². The molecule has 0 spiro atoms. The van der Waals surface area contributed by atoms with Crippen LogP contribution >= 0.6 is 0 Å². The Morgan fingerprint density at radius 2 is 1.88 bits per heavy atom. The van der Waals surface area contributed by atoms with Gasteiger partial charge in [-0.1, -0.05) is 18.2 Å². The molecule has 1 heterocycles. The molecule has 1 N–H and O–H groups in total. The summed E-state index contributed by atoms with van der Waals surface area (Å²) in [6.45, 7) is 1.83. The summed E-state index contributed by atoms with van der Waals surface area (Å²) in [5, 5.41) is 4.75. The van der Waals surface area contributed by atoms with Gasteiger partial charge in [0, 0.05) is 16.6 Å². The maximum atomic E-state index is 13.0. The molecule has 4 nitrogen and oxygen atoms in total. The molecule has 0 aliphatic heterocycles. The molecule has 0 saturated heterocycles. The molecule has 3 rings (SSSR count). The van der Waals surface area contributed by atoms with Gasteiger partial charge in [-0.2, -0.15) is 18.3 Å². The first kappa shape index (κ1) is 17.7. The fourth-order valence-corrected chi connectivity index (χ4v) is 2.60. The summed E-state index contributed by atoms with van der Waals surface area (Å²) in [5.74, 6) is 0.651. The first-order valence-corrected chi connectivity index (χ1v) is 7.79. The lowest BCUT2D eigenvalue weighted by Gasteiger charge is -2.10. The number of nitrogens with one attached hydrogen (secondary N) is 1. The Bertz CT molecular complexity index is 968. The number of rotatable bonds is 4. The van der Waals surface area contributed by atoms with Gasteiger partial charge in [0.1, 0.15) is 5.75 Å². The molecular formula is C19H16F3N3O. The average molecular weight is 359 g/mol. The molecule has 134 valence electrons. The fraction of sp³-hybridized carbons (Fsp3) is 0.158. The first-order valence-electron chi connectivity index (χ1n) is 7.79. The minimum atomic E-state index is -4.43. The van der Waals surface area contributed by atoms with Crippen molar-refractivity contribution in [3.63, 3.8) is 0 Å². The second-order valence-corrected chi connectivity index (χ2v) is 5.65. The Morgan fingerprint density at radius 3 is 2.62 bits per heavy atom. The number of aromatic nitrogens is 1. The first-order chi connectivity index (χ1) is 12.4. The Kier molecular flexibility index (Phi) is 4.79. The second kappa shape index (κ2) is 7.03. The van der Waals surface area contributed by atoms with E-state index in [0.29, 0.717) is 11.4 Å². The van der Waals surface area contributed by atoms with Crippen LogP contribution in [0.4, 0.5) is 18.9 Å². The van der Waals surface area contributed by atoms with Gasteiger partial charge in [0.05, 0.1) is 30.1 Å². The zero-order valence-corrected chi connectivity index (χ0v) is 14.1. The van der Waals surface area contributed by atoms with Crippen LogP contribution in [0.2, 0.25) is 0 Å². The third-order valence-electron chi connectivity index (χ3n) is 3.80. The molecule has 2 aromatic carbocycles. The van der Waals surface area contributed by atoms with E-state index in [4.69, 9.17) is 4.74 Å². The highest BCUT2D eigenvalue weighted by Gasteiger charge is 2.32. The zero-order chi connectivity index (χ0) is 18.7. The van der Waals surface area contributed by atoms with Crippen molar-refractivity contribution in [2.75, 3.05) is 12.5 Å². The Morgan fingerprint density at radius 1 is 1.12 bits per heavy atom. The number of pyridine rings is 1. The number of nitrogens with zero attached hydrogens (tertiary/aromatic N) is 2. The van der Waals surface area contributed by atoms with Gasteiger partial charge in [-0.3, -0.25) is 10.4 Å². The van der Waals surface area contributed by atoms with Crippen molar-refractivity contribution in [1.82, 2.24) is 4.98 Å². The number of hydrazone groups is 1. The fourth-order valence-electron chi connectivity index (χ4n) is 2.60. The highest BCUT2D eigenvalue weighted by Crippen LogP contribution is 2.31. The van der Waals surface area contributed by atoms with Crippen LogP contribution in [0.15, 0.2) is 53.6 Å². The third kappa shape index (κ3) is 3.77. The number of hydrogen-bond acceptors (Lipinski definition) is 4. The van der Waals surface area contributed by atoms with E-state index < -0.39 is 11.7 Å². The maximum absolute atomic E-state index is 13.0. The number of benzene rings is 2. The van der Waals surface area contributed by atoms with Crippen LogP contribution in [-0.4, -0.2) is 18.3 Å². The van der Waals surface area contributed by atoms with Crippen LogP contribution in [0.5, 0.6) is 5.75 Å². The van der Waals surface area contributed by atoms with Gasteiger partial charge in [0.2, 0.25) is 0 Å². The summed E-state index contributed by atoms with van der Waals surface area (Å²) in [6.07, 6.45) is -3.28. The van der Waals surface area contributed by atoms with Gasteiger partial charge < -0.3 is 4.74 Å². The molecule has 0 bridgehead atoms. The topological polar surface area (TPSA) is 46.5 Å². The highest BCUT2D eigenvalue weighted by atomic mass is 19.4. The molecule has 0 atom stereocenters. The Hall–Kier alpha value is -3.09. The SMILES string of the molecule is COc1ccc2nc(C)cc(NN=Cc3ccccc3C(F)(F)F)c2c1. The highest BCUT2D eigenvalue weighted by molar-refractivity contribution is 5.93. The van der Waals surface area contributed by atoms with Gasteiger partial charge in [-0.15, -0.1) is 0 Å². The summed E-state index contributed by atoms with van der Waals surface area (Å²) < 4.78 is 44.3. The van der Waals surface area contributed by atoms with E-state index in [1.165, 1.54) is 18.2 Å². The predicted octanol–water partition coefficient (Wildman–Crippen LogP) is 5.02. The largest absolute Gasteiger partial charge is 0.497 e. The molecule has 0 amide bonds. The normalized spacial score (nSPS) is 11.9. The predicted molar refractivity (Wildman–Crippen MR) is 95.7 cm³/mol. The van der Waals surface area contributed by atoms with Crippen LogP contribution in [0.3, 0.4) is 0 Å². The van der Waals surface area contributed by atoms with E-state index in [1.807, 2.05) is 13.0 Å². The molecule has 0 aliphatic carbocycles. The summed E-state index contributed by atoms with van der Waals surface area (Å²) in [7, 11) is 1.56. The lowest BCUT2D eigenvalue weighted by Crippen LogP contribution is -2.08. The van der Waals surface area contributed by atoms with Gasteiger partial charge >= 0.3 is 6.18 Å². The van der Waals surface area contributed by atoms with Gasteiger partial charge in [0.15, 0.2) is 0 Å². The van der Waals surface area contributed by atoms with Gasteiger partial charge in [0.25, 0.3) is 0 Å². The lowest BCUT2D eigenvalue weighted by atomic mass is 10.1. The summed E-state index contributed by atoms with van der Waals surface area (Å²) in [6, 6.07) is 12.5. The van der Waals surface area contributed by atoms with Crippen LogP contribution in [-0.2, 0) is 6.18 Å². The minimum Gasteiger partial charge on any atom is -0.497 e. The molecule has 0 aliphatic rings. The molecule has 0 fully saturated rings. The van der Waals surface area contributed by atoms with Crippen LogP contribution in [0.25, 0.3) is 10.9 Å². The molecule has 0 unspecified atom stereocenters.